The number of ether oxygens (including phenoxy) is 2. The molecule has 0 aliphatic heterocycles. The second-order valence-electron chi connectivity index (χ2n) is 8.77. The summed E-state index contributed by atoms with van der Waals surface area (Å²) in [7, 11) is 1.60. The zero-order valence-electron chi connectivity index (χ0n) is 21.5. The maximum atomic E-state index is 12.7. The van der Waals surface area contributed by atoms with E-state index in [9.17, 15) is 10.1 Å². The van der Waals surface area contributed by atoms with E-state index in [0.717, 1.165) is 45.3 Å². The fourth-order valence-electron chi connectivity index (χ4n) is 4.09. The molecule has 0 aliphatic carbocycles. The van der Waals surface area contributed by atoms with Crippen LogP contribution in [0.4, 0.5) is 0 Å². The van der Waals surface area contributed by atoms with E-state index in [-0.39, 0.29) is 5.57 Å². The van der Waals surface area contributed by atoms with Crippen LogP contribution in [-0.2, 0) is 17.9 Å². The van der Waals surface area contributed by atoms with Gasteiger partial charge < -0.3 is 19.4 Å². The number of benzene rings is 3. The highest BCUT2D eigenvalue weighted by atomic mass is 35.5. The Hall–Kier alpha value is -4.47. The fourth-order valence-corrected chi connectivity index (χ4v) is 4.22. The lowest BCUT2D eigenvalue weighted by molar-refractivity contribution is -0.117. The number of hydrogen-bond donors (Lipinski definition) is 1. The van der Waals surface area contributed by atoms with Crippen molar-refractivity contribution < 1.29 is 14.3 Å². The molecule has 1 amide bonds. The van der Waals surface area contributed by atoms with E-state index in [0.29, 0.717) is 18.2 Å². The first-order valence-electron chi connectivity index (χ1n) is 12.1. The molecule has 0 spiro atoms. The highest BCUT2D eigenvalue weighted by Gasteiger charge is 2.14. The Bertz CT molecular complexity index is 1480. The third-order valence-corrected chi connectivity index (χ3v) is 6.41. The van der Waals surface area contributed by atoms with Gasteiger partial charge in [0.25, 0.3) is 5.91 Å². The van der Waals surface area contributed by atoms with Crippen LogP contribution in [0.3, 0.4) is 0 Å². The van der Waals surface area contributed by atoms with Crippen molar-refractivity contribution in [3.8, 4) is 23.3 Å². The van der Waals surface area contributed by atoms with E-state index < -0.39 is 5.91 Å². The van der Waals surface area contributed by atoms with Gasteiger partial charge in [-0.2, -0.15) is 5.26 Å². The molecule has 1 N–H and O–H groups in total. The highest BCUT2D eigenvalue weighted by molar-refractivity contribution is 6.30. The van der Waals surface area contributed by atoms with Gasteiger partial charge in [0.15, 0.2) is 0 Å². The first-order valence-corrected chi connectivity index (χ1v) is 12.5. The molecule has 0 saturated heterocycles. The molecule has 0 saturated carbocycles. The number of nitrogens with zero attached hydrogens (tertiary/aromatic N) is 2. The molecule has 0 radical (unpaired) electrons. The molecule has 0 unspecified atom stereocenters. The van der Waals surface area contributed by atoms with Crippen LogP contribution in [0, 0.1) is 25.2 Å². The van der Waals surface area contributed by atoms with Gasteiger partial charge in [0.1, 0.15) is 29.7 Å². The van der Waals surface area contributed by atoms with Crippen LogP contribution in [0.1, 0.15) is 28.1 Å². The molecule has 38 heavy (non-hydrogen) atoms. The number of nitrogens with one attached hydrogen (secondary N) is 1. The van der Waals surface area contributed by atoms with E-state index in [1.54, 1.807) is 13.2 Å². The van der Waals surface area contributed by atoms with Crippen LogP contribution in [0.25, 0.3) is 11.8 Å². The molecule has 0 fully saturated rings. The number of aromatic nitrogens is 1. The Morgan fingerprint density at radius 1 is 0.974 bits per heavy atom. The van der Waals surface area contributed by atoms with Gasteiger partial charge in [-0.15, -0.1) is 0 Å². The number of carbonyl (C=O) groups is 1. The van der Waals surface area contributed by atoms with Crippen LogP contribution in [0.5, 0.6) is 11.5 Å². The number of hydrogen-bond acceptors (Lipinski definition) is 4. The molecule has 0 atom stereocenters. The summed E-state index contributed by atoms with van der Waals surface area (Å²) in [5.41, 5.74) is 5.67. The lowest BCUT2D eigenvalue weighted by atomic mass is 10.1. The van der Waals surface area contributed by atoms with Gasteiger partial charge in [0.2, 0.25) is 0 Å². The van der Waals surface area contributed by atoms with Crippen molar-refractivity contribution in [3.63, 3.8) is 0 Å². The maximum Gasteiger partial charge on any atom is 0.262 e. The van der Waals surface area contributed by atoms with E-state index in [1.807, 2.05) is 98.8 Å². The standard InChI is InChI=1S/C31H28ClN3O3/c1-21-16-25(17-26(18-33)31(36)34-19-23-6-12-29(37-3)13-7-23)22(2)35(21)28-10-14-30(15-11-28)38-20-24-4-8-27(32)9-5-24/h4-17H,19-20H2,1-3H3,(H,34,36)/b26-17-. The zero-order chi connectivity index (χ0) is 27.1. The molecule has 7 heteroatoms. The Morgan fingerprint density at radius 2 is 1.61 bits per heavy atom. The van der Waals surface area contributed by atoms with Crippen molar-refractivity contribution >= 4 is 23.6 Å². The van der Waals surface area contributed by atoms with Crippen molar-refractivity contribution in [2.75, 3.05) is 7.11 Å². The number of rotatable bonds is 9. The molecular formula is C31H28ClN3O3. The van der Waals surface area contributed by atoms with Gasteiger partial charge in [-0.1, -0.05) is 35.9 Å². The summed E-state index contributed by atoms with van der Waals surface area (Å²) in [6.07, 6.45) is 1.63. The smallest absolute Gasteiger partial charge is 0.262 e. The third kappa shape index (κ3) is 6.44. The van der Waals surface area contributed by atoms with Gasteiger partial charge in [0.05, 0.1) is 7.11 Å². The van der Waals surface area contributed by atoms with E-state index in [4.69, 9.17) is 21.1 Å². The summed E-state index contributed by atoms with van der Waals surface area (Å²) in [4.78, 5) is 12.7. The summed E-state index contributed by atoms with van der Waals surface area (Å²) < 4.78 is 13.1. The minimum absolute atomic E-state index is 0.0460. The zero-order valence-corrected chi connectivity index (χ0v) is 22.3. The fraction of sp³-hybridized carbons (Fsp3) is 0.161. The van der Waals surface area contributed by atoms with Gasteiger partial charge >= 0.3 is 0 Å². The van der Waals surface area contributed by atoms with Crippen molar-refractivity contribution in [1.82, 2.24) is 9.88 Å². The largest absolute Gasteiger partial charge is 0.497 e. The predicted molar refractivity (Wildman–Crippen MR) is 149 cm³/mol. The van der Waals surface area contributed by atoms with Crippen molar-refractivity contribution in [2.45, 2.75) is 27.0 Å². The minimum atomic E-state index is -0.421. The predicted octanol–water partition coefficient (Wildman–Crippen LogP) is 6.56. The van der Waals surface area contributed by atoms with Crippen LogP contribution >= 0.6 is 11.6 Å². The van der Waals surface area contributed by atoms with Gasteiger partial charge in [0, 0.05) is 28.6 Å². The Morgan fingerprint density at radius 3 is 2.24 bits per heavy atom. The SMILES string of the molecule is COc1ccc(CNC(=O)/C(C#N)=C\c2cc(C)n(-c3ccc(OCc4ccc(Cl)cc4)cc3)c2C)cc1. The van der Waals surface area contributed by atoms with Crippen molar-refractivity contribution in [1.29, 1.82) is 5.26 Å². The quantitative estimate of drug-likeness (QED) is 0.198. The van der Waals surface area contributed by atoms with Crippen LogP contribution < -0.4 is 14.8 Å². The Kier molecular flexibility index (Phi) is 8.52. The van der Waals surface area contributed by atoms with E-state index in [1.165, 1.54) is 0 Å². The molecule has 0 aliphatic rings. The van der Waals surface area contributed by atoms with Crippen LogP contribution in [-0.4, -0.2) is 17.6 Å². The van der Waals surface area contributed by atoms with E-state index in [2.05, 4.69) is 9.88 Å². The molecule has 3 aromatic carbocycles. The molecule has 6 nitrogen and oxygen atoms in total. The van der Waals surface area contributed by atoms with E-state index >= 15 is 0 Å². The number of amides is 1. The molecule has 0 bridgehead atoms. The lowest BCUT2D eigenvalue weighted by Gasteiger charge is -2.12. The topological polar surface area (TPSA) is 76.3 Å². The number of methoxy groups -OCH3 is 1. The molecule has 4 rings (SSSR count). The van der Waals surface area contributed by atoms with Crippen molar-refractivity contribution in [3.05, 3.63) is 118 Å². The first-order chi connectivity index (χ1) is 18.4. The number of halogens is 1. The summed E-state index contributed by atoms with van der Waals surface area (Å²) in [5, 5.41) is 13.2. The molecular weight excluding hydrogens is 498 g/mol. The summed E-state index contributed by atoms with van der Waals surface area (Å²) >= 11 is 5.94. The third-order valence-electron chi connectivity index (χ3n) is 6.16. The monoisotopic (exact) mass is 525 g/mol. The molecule has 1 heterocycles. The molecule has 4 aromatic rings. The average Bonchev–Trinajstić information content (AvgIpc) is 3.22. The lowest BCUT2D eigenvalue weighted by Crippen LogP contribution is -2.23. The Balaban J connectivity index is 1.45. The highest BCUT2D eigenvalue weighted by Crippen LogP contribution is 2.25. The normalized spacial score (nSPS) is 11.1. The second-order valence-corrected chi connectivity index (χ2v) is 9.21. The summed E-state index contributed by atoms with van der Waals surface area (Å²) in [5.74, 6) is 1.08. The molecule has 1 aromatic heterocycles. The average molecular weight is 526 g/mol. The minimum Gasteiger partial charge on any atom is -0.497 e. The second kappa shape index (κ2) is 12.2. The van der Waals surface area contributed by atoms with Gasteiger partial charge in [-0.25, -0.2) is 0 Å². The number of carbonyl (C=O) groups excluding carboxylic acids is 1. The first kappa shape index (κ1) is 26.6. The number of nitriles is 1. The van der Waals surface area contributed by atoms with Crippen molar-refractivity contribution in [2.24, 2.45) is 0 Å². The Labute approximate surface area is 227 Å². The van der Waals surface area contributed by atoms with Crippen LogP contribution in [0.15, 0.2) is 84.4 Å². The van der Waals surface area contributed by atoms with Gasteiger partial charge in [-0.05, 0) is 91.2 Å². The number of aryl methyl sites for hydroxylation is 1. The molecule has 192 valence electrons. The van der Waals surface area contributed by atoms with Gasteiger partial charge in [-0.3, -0.25) is 4.79 Å². The maximum absolute atomic E-state index is 12.7. The summed E-state index contributed by atoms with van der Waals surface area (Å²) in [6, 6.07) is 26.8. The summed E-state index contributed by atoms with van der Waals surface area (Å²) in [6.45, 7) is 4.72. The van der Waals surface area contributed by atoms with Crippen LogP contribution in [0.2, 0.25) is 5.02 Å².